The molecule has 1 aliphatic heterocycles. The lowest BCUT2D eigenvalue weighted by Gasteiger charge is -1.88. The topological polar surface area (TPSA) is 71.3 Å². The van der Waals surface area contributed by atoms with E-state index in [0.29, 0.717) is 0 Å². The quantitative estimate of drug-likeness (QED) is 0.379. The monoisotopic (exact) mass is 102 g/mol. The van der Waals surface area contributed by atoms with Gasteiger partial charge in [-0.3, -0.25) is 5.32 Å². The van der Waals surface area contributed by atoms with Crippen molar-refractivity contribution in [3.05, 3.63) is 0 Å². The zero-order valence-electron chi connectivity index (χ0n) is 3.64. The van der Waals surface area contributed by atoms with E-state index in [0.717, 1.165) is 6.54 Å². The molecule has 3 N–H and O–H groups in total. The van der Waals surface area contributed by atoms with Gasteiger partial charge in [-0.15, -0.1) is 0 Å². The van der Waals surface area contributed by atoms with Gasteiger partial charge < -0.3 is 10.4 Å². The highest BCUT2D eigenvalue weighted by Gasteiger charge is 2.20. The van der Waals surface area contributed by atoms with Crippen LogP contribution in [0.2, 0.25) is 0 Å². The number of amides is 1. The number of carbonyl (C=O) groups is 1. The third kappa shape index (κ3) is 1.41. The normalized spacial score (nSPS) is 26.6. The van der Waals surface area contributed by atoms with Crippen molar-refractivity contribution in [3.63, 3.8) is 0 Å². The van der Waals surface area contributed by atoms with Crippen molar-refractivity contribution < 1.29 is 9.90 Å². The number of hydrogen-bond donors (Lipinski definition) is 3. The maximum Gasteiger partial charge on any atom is 0.405 e. The average Bonchev–Trinajstić information content (AvgIpc) is 2.17. The molecule has 1 saturated heterocycles. The van der Waals surface area contributed by atoms with Crippen LogP contribution in [0.15, 0.2) is 0 Å². The summed E-state index contributed by atoms with van der Waals surface area (Å²) in [5, 5.41) is 13.0. The molecule has 0 saturated carbocycles. The first-order valence-electron chi connectivity index (χ1n) is 2.02. The molecule has 1 aliphatic rings. The molecule has 0 aromatic carbocycles. The van der Waals surface area contributed by atoms with Gasteiger partial charge in [0.15, 0.2) is 0 Å². The standard InChI is InChI=1S/C3H6N2O2/c6-3(7)5-2-1-4-2/h2,4-5H,1H2,(H,6,7). The Kier molecular flexibility index (Phi) is 0.867. The van der Waals surface area contributed by atoms with Crippen molar-refractivity contribution in [1.29, 1.82) is 0 Å². The molecule has 1 fully saturated rings. The minimum Gasteiger partial charge on any atom is -0.465 e. The Morgan fingerprint density at radius 2 is 2.57 bits per heavy atom. The molecule has 0 spiro atoms. The van der Waals surface area contributed by atoms with Gasteiger partial charge in [-0.25, -0.2) is 4.79 Å². The van der Waals surface area contributed by atoms with Crippen LogP contribution in [0.1, 0.15) is 0 Å². The Labute approximate surface area is 40.5 Å². The summed E-state index contributed by atoms with van der Waals surface area (Å²) in [6, 6.07) is 0. The number of nitrogens with one attached hydrogen (secondary N) is 2. The molecule has 0 aromatic heterocycles. The highest BCUT2D eigenvalue weighted by molar-refractivity contribution is 5.65. The molecule has 40 valence electrons. The van der Waals surface area contributed by atoms with Gasteiger partial charge in [0.25, 0.3) is 0 Å². The molecule has 1 rings (SSSR count). The molecular weight excluding hydrogens is 96.0 g/mol. The Morgan fingerprint density at radius 1 is 2.00 bits per heavy atom. The lowest BCUT2D eigenvalue weighted by molar-refractivity contribution is 0.194. The average molecular weight is 102 g/mol. The summed E-state index contributed by atoms with van der Waals surface area (Å²) in [4.78, 5) is 9.70. The Bertz CT molecular complexity index is 88.9. The predicted octanol–water partition coefficient (Wildman–Crippen LogP) is -0.817. The predicted molar refractivity (Wildman–Crippen MR) is 23.0 cm³/mol. The second-order valence-corrected chi connectivity index (χ2v) is 1.41. The highest BCUT2D eigenvalue weighted by atomic mass is 16.4. The van der Waals surface area contributed by atoms with Crippen LogP contribution in [-0.4, -0.2) is 23.9 Å². The smallest absolute Gasteiger partial charge is 0.405 e. The number of hydrogen-bond acceptors (Lipinski definition) is 2. The third-order valence-corrected chi connectivity index (χ3v) is 0.706. The van der Waals surface area contributed by atoms with E-state index in [1.165, 1.54) is 0 Å². The molecule has 1 atom stereocenters. The van der Waals surface area contributed by atoms with E-state index in [-0.39, 0.29) is 6.17 Å². The van der Waals surface area contributed by atoms with Gasteiger partial charge in [0.1, 0.15) is 0 Å². The summed E-state index contributed by atoms with van der Waals surface area (Å²) in [6.45, 7) is 0.770. The third-order valence-electron chi connectivity index (χ3n) is 0.706. The fourth-order valence-electron chi connectivity index (χ4n) is 0.310. The van der Waals surface area contributed by atoms with Crippen LogP contribution in [0.25, 0.3) is 0 Å². The minimum atomic E-state index is -0.963. The van der Waals surface area contributed by atoms with Crippen LogP contribution in [0.5, 0.6) is 0 Å². The summed E-state index contributed by atoms with van der Waals surface area (Å²) in [5.41, 5.74) is 0. The molecule has 1 amide bonds. The van der Waals surface area contributed by atoms with Gasteiger partial charge in [0.2, 0.25) is 0 Å². The first-order chi connectivity index (χ1) is 3.29. The molecule has 7 heavy (non-hydrogen) atoms. The van der Waals surface area contributed by atoms with Gasteiger partial charge in [-0.05, 0) is 0 Å². The molecular formula is C3H6N2O2. The summed E-state index contributed by atoms with van der Waals surface area (Å²) >= 11 is 0. The molecule has 0 aromatic rings. The molecule has 0 bridgehead atoms. The van der Waals surface area contributed by atoms with Crippen LogP contribution < -0.4 is 10.6 Å². The Morgan fingerprint density at radius 3 is 2.71 bits per heavy atom. The van der Waals surface area contributed by atoms with Crippen LogP contribution in [0, 0.1) is 0 Å². The fraction of sp³-hybridized carbons (Fsp3) is 0.667. The zero-order chi connectivity index (χ0) is 5.28. The first-order valence-corrected chi connectivity index (χ1v) is 2.02. The maximum absolute atomic E-state index is 9.70. The summed E-state index contributed by atoms with van der Waals surface area (Å²) in [6.07, 6.45) is -0.938. The molecule has 4 heteroatoms. The van der Waals surface area contributed by atoms with Crippen molar-refractivity contribution in [2.75, 3.05) is 6.54 Å². The number of rotatable bonds is 1. The summed E-state index contributed by atoms with van der Waals surface area (Å²) in [7, 11) is 0. The summed E-state index contributed by atoms with van der Waals surface area (Å²) in [5.74, 6) is 0. The van der Waals surface area contributed by atoms with Gasteiger partial charge in [-0.1, -0.05) is 0 Å². The van der Waals surface area contributed by atoms with Crippen LogP contribution in [-0.2, 0) is 0 Å². The van der Waals surface area contributed by atoms with E-state index in [9.17, 15) is 4.79 Å². The molecule has 4 nitrogen and oxygen atoms in total. The Balaban J connectivity index is 2.08. The van der Waals surface area contributed by atoms with Crippen LogP contribution in [0.3, 0.4) is 0 Å². The SMILES string of the molecule is O=C(O)NC1CN1. The minimum absolute atomic E-state index is 0.0255. The van der Waals surface area contributed by atoms with Crippen molar-refractivity contribution in [2.45, 2.75) is 6.17 Å². The molecule has 1 heterocycles. The zero-order valence-corrected chi connectivity index (χ0v) is 3.64. The van der Waals surface area contributed by atoms with Crippen molar-refractivity contribution in [3.8, 4) is 0 Å². The van der Waals surface area contributed by atoms with Crippen molar-refractivity contribution >= 4 is 6.09 Å². The molecule has 0 radical (unpaired) electrons. The maximum atomic E-state index is 9.70. The van der Waals surface area contributed by atoms with E-state index < -0.39 is 6.09 Å². The first kappa shape index (κ1) is 4.39. The highest BCUT2D eigenvalue weighted by Crippen LogP contribution is 1.87. The van der Waals surface area contributed by atoms with Gasteiger partial charge >= 0.3 is 6.09 Å². The number of carboxylic acid groups (broad SMARTS) is 1. The largest absolute Gasteiger partial charge is 0.465 e. The van der Waals surface area contributed by atoms with Crippen LogP contribution in [0.4, 0.5) is 4.79 Å². The van der Waals surface area contributed by atoms with Gasteiger partial charge in [-0.2, -0.15) is 0 Å². The lowest BCUT2D eigenvalue weighted by Crippen LogP contribution is -2.25. The lowest BCUT2D eigenvalue weighted by atomic mass is 10.8. The van der Waals surface area contributed by atoms with Crippen LogP contribution >= 0.6 is 0 Å². The van der Waals surface area contributed by atoms with E-state index in [4.69, 9.17) is 5.11 Å². The second kappa shape index (κ2) is 1.38. The van der Waals surface area contributed by atoms with E-state index in [2.05, 4.69) is 10.6 Å². The van der Waals surface area contributed by atoms with E-state index in [1.54, 1.807) is 0 Å². The van der Waals surface area contributed by atoms with Crippen molar-refractivity contribution in [2.24, 2.45) is 0 Å². The fourth-order valence-corrected chi connectivity index (χ4v) is 0.310. The van der Waals surface area contributed by atoms with Gasteiger partial charge in [0, 0.05) is 6.54 Å². The van der Waals surface area contributed by atoms with Crippen molar-refractivity contribution in [1.82, 2.24) is 10.6 Å². The van der Waals surface area contributed by atoms with Gasteiger partial charge in [0.05, 0.1) is 6.17 Å². The van der Waals surface area contributed by atoms with E-state index >= 15 is 0 Å². The van der Waals surface area contributed by atoms with E-state index in [1.807, 2.05) is 0 Å². The molecule has 0 aliphatic carbocycles. The summed E-state index contributed by atoms with van der Waals surface area (Å²) < 4.78 is 0. The molecule has 1 unspecified atom stereocenters. The Hall–Kier alpha value is -0.770. The second-order valence-electron chi connectivity index (χ2n) is 1.41.